The van der Waals surface area contributed by atoms with Gasteiger partial charge in [-0.15, -0.1) is 11.8 Å². The average molecular weight is 238 g/mol. The van der Waals surface area contributed by atoms with Crippen LogP contribution in [0.4, 0.5) is 5.69 Å². The molecule has 0 aliphatic rings. The van der Waals surface area contributed by atoms with Crippen molar-refractivity contribution in [3.05, 3.63) is 24.3 Å². The molecule has 0 aliphatic carbocycles. The molecule has 4 heteroatoms. The number of rotatable bonds is 4. The van der Waals surface area contributed by atoms with Gasteiger partial charge in [0.1, 0.15) is 0 Å². The first-order chi connectivity index (χ1) is 7.43. The van der Waals surface area contributed by atoms with E-state index in [1.54, 1.807) is 25.6 Å². The van der Waals surface area contributed by atoms with Crippen molar-refractivity contribution in [1.29, 1.82) is 0 Å². The molecule has 0 radical (unpaired) electrons. The van der Waals surface area contributed by atoms with E-state index in [0.717, 1.165) is 16.3 Å². The topological polar surface area (TPSA) is 55.1 Å². The molecule has 1 aromatic rings. The second kappa shape index (κ2) is 5.37. The lowest BCUT2D eigenvalue weighted by Crippen LogP contribution is -2.45. The Bertz CT molecular complexity index is 372. The van der Waals surface area contributed by atoms with Crippen LogP contribution in [0.3, 0.4) is 0 Å². The summed E-state index contributed by atoms with van der Waals surface area (Å²) in [6, 6.07) is 7.77. The first-order valence-corrected chi connectivity index (χ1v) is 6.25. The molecular weight excluding hydrogens is 220 g/mol. The van der Waals surface area contributed by atoms with Crippen LogP contribution in [0, 0.1) is 0 Å². The molecule has 0 saturated heterocycles. The minimum atomic E-state index is -0.853. The summed E-state index contributed by atoms with van der Waals surface area (Å²) < 4.78 is 0. The Morgan fingerprint density at radius 2 is 2.19 bits per heavy atom. The van der Waals surface area contributed by atoms with Crippen molar-refractivity contribution in [3.63, 3.8) is 0 Å². The smallest absolute Gasteiger partial charge is 0.243 e. The van der Waals surface area contributed by atoms with Gasteiger partial charge in [-0.3, -0.25) is 4.79 Å². The van der Waals surface area contributed by atoms with Crippen molar-refractivity contribution in [1.82, 2.24) is 0 Å². The van der Waals surface area contributed by atoms with Crippen molar-refractivity contribution in [3.8, 4) is 0 Å². The zero-order chi connectivity index (χ0) is 12.2. The fourth-order valence-corrected chi connectivity index (χ4v) is 1.84. The Morgan fingerprint density at radius 3 is 2.75 bits per heavy atom. The number of carbonyl (C=O) groups is 1. The second-order valence-electron chi connectivity index (χ2n) is 4.14. The molecule has 0 saturated carbocycles. The van der Waals surface area contributed by atoms with E-state index in [1.165, 1.54) is 0 Å². The number of anilines is 1. The third-order valence-electron chi connectivity index (χ3n) is 1.99. The number of hydrogen-bond donors (Lipinski definition) is 2. The van der Waals surface area contributed by atoms with Gasteiger partial charge in [-0.25, -0.2) is 0 Å². The van der Waals surface area contributed by atoms with Crippen LogP contribution >= 0.6 is 11.8 Å². The number of thioether (sulfide) groups is 1. The van der Waals surface area contributed by atoms with Gasteiger partial charge in [0.25, 0.3) is 0 Å². The maximum Gasteiger partial charge on any atom is 0.243 e. The van der Waals surface area contributed by atoms with Gasteiger partial charge in [0.15, 0.2) is 0 Å². The lowest BCUT2D eigenvalue weighted by molar-refractivity contribution is -0.120. The minimum absolute atomic E-state index is 0.175. The molecule has 0 heterocycles. The predicted molar refractivity (Wildman–Crippen MR) is 69.7 cm³/mol. The highest BCUT2D eigenvalue weighted by Gasteiger charge is 2.21. The Hall–Kier alpha value is -1.00. The molecule has 1 aromatic carbocycles. The Morgan fingerprint density at radius 1 is 1.50 bits per heavy atom. The van der Waals surface area contributed by atoms with Crippen LogP contribution in [0.2, 0.25) is 0 Å². The van der Waals surface area contributed by atoms with Crippen molar-refractivity contribution in [2.45, 2.75) is 31.2 Å². The molecule has 0 aromatic heterocycles. The molecule has 0 aliphatic heterocycles. The van der Waals surface area contributed by atoms with Crippen LogP contribution in [0.15, 0.2) is 29.2 Å². The lowest BCUT2D eigenvalue weighted by atomic mass is 10.1. The lowest BCUT2D eigenvalue weighted by Gasteiger charge is -2.18. The van der Waals surface area contributed by atoms with E-state index in [0.29, 0.717) is 0 Å². The maximum atomic E-state index is 11.7. The normalized spacial score (nSPS) is 11.2. The zero-order valence-corrected chi connectivity index (χ0v) is 10.7. The van der Waals surface area contributed by atoms with Crippen LogP contribution in [0.5, 0.6) is 0 Å². The van der Waals surface area contributed by atoms with Crippen LogP contribution in [-0.2, 0) is 4.79 Å². The summed E-state index contributed by atoms with van der Waals surface area (Å²) in [5, 5.41) is 2.80. The van der Waals surface area contributed by atoms with Gasteiger partial charge in [0, 0.05) is 10.6 Å². The van der Waals surface area contributed by atoms with Crippen molar-refractivity contribution < 1.29 is 4.79 Å². The van der Waals surface area contributed by atoms with Crippen molar-refractivity contribution >= 4 is 23.4 Å². The fraction of sp³-hybridized carbons (Fsp3) is 0.417. The van der Waals surface area contributed by atoms with E-state index < -0.39 is 5.54 Å². The third-order valence-corrected chi connectivity index (χ3v) is 2.86. The summed E-state index contributed by atoms with van der Waals surface area (Å²) >= 11 is 1.74. The van der Waals surface area contributed by atoms with Gasteiger partial charge in [-0.2, -0.15) is 0 Å². The molecule has 0 atom stereocenters. The largest absolute Gasteiger partial charge is 0.324 e. The van der Waals surface area contributed by atoms with Gasteiger partial charge in [0.05, 0.1) is 5.54 Å². The second-order valence-corrected chi connectivity index (χ2v) is 5.47. The highest BCUT2D eigenvalue weighted by molar-refractivity contribution is 7.99. The van der Waals surface area contributed by atoms with E-state index in [4.69, 9.17) is 5.73 Å². The van der Waals surface area contributed by atoms with Crippen LogP contribution < -0.4 is 11.1 Å². The summed E-state index contributed by atoms with van der Waals surface area (Å²) in [5.41, 5.74) is 5.65. The highest BCUT2D eigenvalue weighted by atomic mass is 32.2. The van der Waals surface area contributed by atoms with E-state index in [-0.39, 0.29) is 5.91 Å². The number of nitrogens with two attached hydrogens (primary N) is 1. The number of benzene rings is 1. The van der Waals surface area contributed by atoms with Crippen LogP contribution in [-0.4, -0.2) is 17.2 Å². The summed E-state index contributed by atoms with van der Waals surface area (Å²) in [6.07, 6.45) is 0. The molecule has 0 unspecified atom stereocenters. The van der Waals surface area contributed by atoms with E-state index in [9.17, 15) is 4.79 Å². The molecule has 1 amide bonds. The predicted octanol–water partition coefficient (Wildman–Crippen LogP) is 2.47. The Labute approximate surface area is 101 Å². The fourth-order valence-electron chi connectivity index (χ4n) is 1.12. The molecule has 3 N–H and O–H groups in total. The number of nitrogens with one attached hydrogen (secondary N) is 1. The van der Waals surface area contributed by atoms with Gasteiger partial charge < -0.3 is 11.1 Å². The number of amides is 1. The molecular formula is C12H18N2OS. The quantitative estimate of drug-likeness (QED) is 0.792. The maximum absolute atomic E-state index is 11.7. The number of carbonyl (C=O) groups excluding carboxylic acids is 1. The van der Waals surface area contributed by atoms with Gasteiger partial charge >= 0.3 is 0 Å². The standard InChI is InChI=1S/C12H18N2OS/c1-4-16-10-7-5-6-9(8-10)14-11(15)12(2,3)13/h5-8H,4,13H2,1-3H3,(H,14,15). The number of hydrogen-bond acceptors (Lipinski definition) is 3. The Balaban J connectivity index is 2.74. The van der Waals surface area contributed by atoms with E-state index >= 15 is 0 Å². The summed E-state index contributed by atoms with van der Waals surface area (Å²) in [5.74, 6) is 0.839. The summed E-state index contributed by atoms with van der Waals surface area (Å²) in [4.78, 5) is 12.8. The van der Waals surface area contributed by atoms with Crippen LogP contribution in [0.1, 0.15) is 20.8 Å². The van der Waals surface area contributed by atoms with E-state index in [1.807, 2.05) is 24.3 Å². The molecule has 0 bridgehead atoms. The average Bonchev–Trinajstić information content (AvgIpc) is 2.17. The Kier molecular flexibility index (Phi) is 4.38. The van der Waals surface area contributed by atoms with E-state index in [2.05, 4.69) is 12.2 Å². The highest BCUT2D eigenvalue weighted by Crippen LogP contribution is 2.21. The van der Waals surface area contributed by atoms with Gasteiger partial charge in [-0.05, 0) is 37.8 Å². The monoisotopic (exact) mass is 238 g/mol. The molecule has 88 valence electrons. The van der Waals surface area contributed by atoms with Gasteiger partial charge in [0.2, 0.25) is 5.91 Å². The SMILES string of the molecule is CCSc1cccc(NC(=O)C(C)(C)N)c1. The molecule has 0 fully saturated rings. The first kappa shape index (κ1) is 13.1. The molecule has 1 rings (SSSR count). The van der Waals surface area contributed by atoms with Crippen molar-refractivity contribution in [2.75, 3.05) is 11.1 Å². The third kappa shape index (κ3) is 3.87. The first-order valence-electron chi connectivity index (χ1n) is 5.26. The van der Waals surface area contributed by atoms with Crippen LogP contribution in [0.25, 0.3) is 0 Å². The van der Waals surface area contributed by atoms with Gasteiger partial charge in [-0.1, -0.05) is 13.0 Å². The summed E-state index contributed by atoms with van der Waals surface area (Å²) in [7, 11) is 0. The molecule has 0 spiro atoms. The molecule has 16 heavy (non-hydrogen) atoms. The molecule has 3 nitrogen and oxygen atoms in total. The zero-order valence-electron chi connectivity index (χ0n) is 9.91. The van der Waals surface area contributed by atoms with Crippen molar-refractivity contribution in [2.24, 2.45) is 5.73 Å². The minimum Gasteiger partial charge on any atom is -0.324 e. The summed E-state index contributed by atoms with van der Waals surface area (Å²) in [6.45, 7) is 5.47.